The third-order valence-corrected chi connectivity index (χ3v) is 6.52. The molecule has 2 saturated heterocycles. The molecule has 0 spiro atoms. The van der Waals surface area contributed by atoms with E-state index in [4.69, 9.17) is 18.9 Å². The molecule has 2 aromatic rings. The number of morpholine rings is 1. The number of hydrogen-bond acceptors (Lipinski definition) is 8. The van der Waals surface area contributed by atoms with Crippen molar-refractivity contribution in [3.63, 3.8) is 0 Å². The van der Waals surface area contributed by atoms with Crippen molar-refractivity contribution >= 4 is 17.4 Å². The zero-order valence-corrected chi connectivity index (χ0v) is 21.1. The molecular weight excluding hydrogens is 476 g/mol. The van der Waals surface area contributed by atoms with Crippen LogP contribution in [0.15, 0.2) is 60.7 Å². The van der Waals surface area contributed by atoms with Gasteiger partial charge in [0.25, 0.3) is 11.7 Å². The van der Waals surface area contributed by atoms with Crippen LogP contribution in [0.5, 0.6) is 17.2 Å². The van der Waals surface area contributed by atoms with Crippen LogP contribution in [-0.4, -0.2) is 86.8 Å². The second-order valence-corrected chi connectivity index (χ2v) is 8.65. The van der Waals surface area contributed by atoms with Crippen LogP contribution < -0.4 is 14.2 Å². The number of nitrogens with zero attached hydrogens (tertiary/aromatic N) is 2. The molecule has 0 saturated carbocycles. The maximum atomic E-state index is 13.4. The topological polar surface area (TPSA) is 97.8 Å². The number of carbonyl (C=O) groups excluding carboxylic acids is 2. The number of aliphatic hydroxyl groups excluding tert-OH is 1. The Bertz CT molecular complexity index is 1170. The van der Waals surface area contributed by atoms with Gasteiger partial charge in [-0.25, -0.2) is 0 Å². The second kappa shape index (κ2) is 11.9. The summed E-state index contributed by atoms with van der Waals surface area (Å²) in [6, 6.07) is 11.1. The van der Waals surface area contributed by atoms with E-state index < -0.39 is 17.7 Å². The number of hydrogen-bond donors (Lipinski definition) is 1. The van der Waals surface area contributed by atoms with Gasteiger partial charge in [-0.05, 0) is 30.3 Å². The van der Waals surface area contributed by atoms with Crippen molar-refractivity contribution in [3.05, 3.63) is 71.8 Å². The summed E-state index contributed by atoms with van der Waals surface area (Å²) in [4.78, 5) is 30.4. The molecule has 37 heavy (non-hydrogen) atoms. The number of benzene rings is 2. The number of para-hydroxylation sites is 1. The third-order valence-electron chi connectivity index (χ3n) is 6.52. The van der Waals surface area contributed by atoms with E-state index >= 15 is 0 Å². The molecule has 2 fully saturated rings. The molecule has 0 aliphatic carbocycles. The number of methoxy groups -OCH3 is 2. The number of rotatable bonds is 10. The Morgan fingerprint density at radius 3 is 2.46 bits per heavy atom. The van der Waals surface area contributed by atoms with Crippen molar-refractivity contribution in [3.8, 4) is 17.2 Å². The van der Waals surface area contributed by atoms with Crippen molar-refractivity contribution in [2.45, 2.75) is 6.04 Å². The molecule has 2 aromatic carbocycles. The maximum Gasteiger partial charge on any atom is 0.295 e. The largest absolute Gasteiger partial charge is 0.507 e. The van der Waals surface area contributed by atoms with Crippen LogP contribution >= 0.6 is 0 Å². The summed E-state index contributed by atoms with van der Waals surface area (Å²) in [6.45, 7) is 7.57. The molecule has 2 aliphatic rings. The summed E-state index contributed by atoms with van der Waals surface area (Å²) in [7, 11) is 3.02. The predicted molar refractivity (Wildman–Crippen MR) is 138 cm³/mol. The Kier molecular flexibility index (Phi) is 8.47. The summed E-state index contributed by atoms with van der Waals surface area (Å²) in [5.41, 5.74) is 0.942. The van der Waals surface area contributed by atoms with E-state index in [0.717, 1.165) is 13.1 Å². The van der Waals surface area contributed by atoms with Gasteiger partial charge in [-0.1, -0.05) is 24.8 Å². The average Bonchev–Trinajstić information content (AvgIpc) is 3.19. The molecule has 4 rings (SSSR count). The predicted octanol–water partition coefficient (Wildman–Crippen LogP) is 3.02. The molecule has 2 heterocycles. The molecule has 0 aromatic heterocycles. The Labute approximate surface area is 216 Å². The van der Waals surface area contributed by atoms with E-state index in [2.05, 4.69) is 11.5 Å². The van der Waals surface area contributed by atoms with E-state index in [-0.39, 0.29) is 11.3 Å². The smallest absolute Gasteiger partial charge is 0.295 e. The first kappa shape index (κ1) is 26.2. The lowest BCUT2D eigenvalue weighted by atomic mass is 9.94. The second-order valence-electron chi connectivity index (χ2n) is 8.65. The molecular formula is C28H32N2O7. The lowest BCUT2D eigenvalue weighted by Gasteiger charge is -2.31. The highest BCUT2D eigenvalue weighted by atomic mass is 16.5. The number of ketones is 1. The molecule has 1 N–H and O–H groups in total. The minimum atomic E-state index is -0.859. The first-order valence-corrected chi connectivity index (χ1v) is 12.1. The first-order valence-electron chi connectivity index (χ1n) is 12.1. The summed E-state index contributed by atoms with van der Waals surface area (Å²) < 4.78 is 22.1. The van der Waals surface area contributed by atoms with Crippen molar-refractivity contribution < 1.29 is 33.6 Å². The fraction of sp³-hybridized carbons (Fsp3) is 0.357. The number of likely N-dealkylation sites (tertiary alicyclic amines) is 1. The average molecular weight is 509 g/mol. The number of amides is 1. The van der Waals surface area contributed by atoms with Crippen LogP contribution in [-0.2, 0) is 14.3 Å². The molecule has 2 aliphatic heterocycles. The molecule has 0 bridgehead atoms. The SMILES string of the molecule is C=CCOc1ccc(C(O)=C2C(=O)C(=O)N(CCN3CCOCC3)[C@H]2c2cccc(OC)c2OC)cc1. The van der Waals surface area contributed by atoms with Gasteiger partial charge in [0.1, 0.15) is 18.1 Å². The molecule has 0 unspecified atom stereocenters. The van der Waals surface area contributed by atoms with Crippen LogP contribution in [0.3, 0.4) is 0 Å². The van der Waals surface area contributed by atoms with Crippen LogP contribution in [0.4, 0.5) is 0 Å². The number of ether oxygens (including phenoxy) is 4. The number of aliphatic hydroxyl groups is 1. The standard InChI is InChI=1S/C28H32N2O7/c1-4-16-37-20-10-8-19(9-11-20)25(31)23-24(21-6-5-7-22(34-2)27(21)35-3)30(28(33)26(23)32)13-12-29-14-17-36-18-15-29/h4-11,24,31H,1,12-18H2,2-3H3/t24-/m0/s1. The van der Waals surface area contributed by atoms with Gasteiger partial charge in [0, 0.05) is 37.3 Å². The molecule has 196 valence electrons. The molecule has 1 atom stereocenters. The van der Waals surface area contributed by atoms with E-state index in [1.54, 1.807) is 48.5 Å². The van der Waals surface area contributed by atoms with Gasteiger partial charge >= 0.3 is 0 Å². The van der Waals surface area contributed by atoms with E-state index in [1.165, 1.54) is 19.1 Å². The zero-order valence-electron chi connectivity index (χ0n) is 21.1. The van der Waals surface area contributed by atoms with E-state index in [0.29, 0.717) is 61.3 Å². The van der Waals surface area contributed by atoms with Gasteiger partial charge in [-0.15, -0.1) is 0 Å². The summed E-state index contributed by atoms with van der Waals surface area (Å²) in [5.74, 6) is -0.238. The fourth-order valence-corrected chi connectivity index (χ4v) is 4.65. The minimum Gasteiger partial charge on any atom is -0.507 e. The van der Waals surface area contributed by atoms with Crippen LogP contribution in [0.1, 0.15) is 17.2 Å². The van der Waals surface area contributed by atoms with Crippen LogP contribution in [0.25, 0.3) is 5.76 Å². The van der Waals surface area contributed by atoms with Gasteiger partial charge in [0.2, 0.25) is 0 Å². The van der Waals surface area contributed by atoms with Gasteiger partial charge in [-0.2, -0.15) is 0 Å². The Morgan fingerprint density at radius 2 is 1.81 bits per heavy atom. The first-order chi connectivity index (χ1) is 18.0. The van der Waals surface area contributed by atoms with Gasteiger partial charge in [0.05, 0.1) is 39.0 Å². The fourth-order valence-electron chi connectivity index (χ4n) is 4.65. The van der Waals surface area contributed by atoms with E-state index in [1.807, 2.05) is 0 Å². The Morgan fingerprint density at radius 1 is 1.08 bits per heavy atom. The van der Waals surface area contributed by atoms with Crippen molar-refractivity contribution in [1.29, 1.82) is 0 Å². The highest BCUT2D eigenvalue weighted by Gasteiger charge is 2.47. The number of Topliss-reactive ketones (excluding diaryl/α,β-unsaturated/α-hetero) is 1. The molecule has 9 nitrogen and oxygen atoms in total. The quantitative estimate of drug-likeness (QED) is 0.226. The lowest BCUT2D eigenvalue weighted by molar-refractivity contribution is -0.140. The Balaban J connectivity index is 1.77. The Hall–Kier alpha value is -3.82. The highest BCUT2D eigenvalue weighted by Crippen LogP contribution is 2.45. The van der Waals surface area contributed by atoms with Gasteiger partial charge in [-0.3, -0.25) is 14.5 Å². The highest BCUT2D eigenvalue weighted by molar-refractivity contribution is 6.46. The molecule has 0 radical (unpaired) electrons. The summed E-state index contributed by atoms with van der Waals surface area (Å²) in [6.07, 6.45) is 1.63. The summed E-state index contributed by atoms with van der Waals surface area (Å²) in [5, 5.41) is 11.4. The van der Waals surface area contributed by atoms with Crippen molar-refractivity contribution in [2.75, 3.05) is 60.2 Å². The monoisotopic (exact) mass is 508 g/mol. The molecule has 9 heteroatoms. The van der Waals surface area contributed by atoms with Crippen LogP contribution in [0, 0.1) is 0 Å². The van der Waals surface area contributed by atoms with Crippen LogP contribution in [0.2, 0.25) is 0 Å². The normalized spacial score (nSPS) is 19.6. The van der Waals surface area contributed by atoms with Gasteiger partial charge < -0.3 is 29.0 Å². The van der Waals surface area contributed by atoms with Crippen molar-refractivity contribution in [2.24, 2.45) is 0 Å². The van der Waals surface area contributed by atoms with Crippen molar-refractivity contribution in [1.82, 2.24) is 9.80 Å². The zero-order chi connectivity index (χ0) is 26.4. The van der Waals surface area contributed by atoms with E-state index in [9.17, 15) is 14.7 Å². The maximum absolute atomic E-state index is 13.4. The summed E-state index contributed by atoms with van der Waals surface area (Å²) >= 11 is 0. The molecule has 1 amide bonds. The van der Waals surface area contributed by atoms with Gasteiger partial charge in [0.15, 0.2) is 11.5 Å². The minimum absolute atomic E-state index is 0.00158. The lowest BCUT2D eigenvalue weighted by Crippen LogP contribution is -2.42. The number of carbonyl (C=O) groups is 2. The third kappa shape index (κ3) is 5.47.